The van der Waals surface area contributed by atoms with Gasteiger partial charge in [0, 0.05) is 52.0 Å². The van der Waals surface area contributed by atoms with E-state index in [0.29, 0.717) is 37.2 Å². The van der Waals surface area contributed by atoms with E-state index in [1.54, 1.807) is 0 Å². The number of allylic oxidation sites excluding steroid dienone is 1. The van der Waals surface area contributed by atoms with Gasteiger partial charge in [-0.2, -0.15) is 0 Å². The van der Waals surface area contributed by atoms with Gasteiger partial charge < -0.3 is 24.5 Å². The fraction of sp³-hybridized carbons (Fsp3) is 0.500. The number of aromatic amines is 2. The number of H-pyrrole nitrogens is 2. The van der Waals surface area contributed by atoms with E-state index in [4.69, 9.17) is 19.4 Å². The van der Waals surface area contributed by atoms with Crippen LogP contribution >= 0.6 is 0 Å². The maximum Gasteiger partial charge on any atom is 0.338 e. The Kier molecular flexibility index (Phi) is 11.8. The molecule has 9 heteroatoms. The van der Waals surface area contributed by atoms with E-state index in [1.807, 2.05) is 19.9 Å². The molecule has 0 amide bonds. The summed E-state index contributed by atoms with van der Waals surface area (Å²) < 4.78 is 11.4. The molecule has 3 aromatic heterocycles. The van der Waals surface area contributed by atoms with Crippen LogP contribution in [0.2, 0.25) is 0 Å². The highest BCUT2D eigenvalue weighted by Gasteiger charge is 2.32. The first-order valence-electron chi connectivity index (χ1n) is 17.9. The first-order chi connectivity index (χ1) is 23.6. The lowest BCUT2D eigenvalue weighted by molar-refractivity contribution is -0.128. The summed E-state index contributed by atoms with van der Waals surface area (Å²) in [5.41, 5.74) is 12.7. The van der Waals surface area contributed by atoms with E-state index in [-0.39, 0.29) is 24.0 Å². The normalized spacial score (nSPS) is 16.0. The third-order valence-electron chi connectivity index (χ3n) is 10.5. The zero-order valence-corrected chi connectivity index (χ0v) is 30.2. The summed E-state index contributed by atoms with van der Waals surface area (Å²) in [7, 11) is 0. The maximum absolute atomic E-state index is 12.7. The van der Waals surface area contributed by atoms with Crippen LogP contribution in [0.3, 0.4) is 0 Å². The SMILES string of the molecule is CCCCCCCCOCC1=C(C)c2cc3nc(c(C)c4[nH]c(cc5[nH]c(cc1n2)c(C)c5CC)c(C)c4C(=O)O)[C@@H](CCOC=O)[C@@H]3C. The largest absolute Gasteiger partial charge is 0.478 e. The van der Waals surface area contributed by atoms with Crippen LogP contribution in [-0.4, -0.2) is 57.3 Å². The van der Waals surface area contributed by atoms with Crippen LogP contribution in [0.25, 0.3) is 33.2 Å². The third-order valence-corrected chi connectivity index (χ3v) is 10.5. The van der Waals surface area contributed by atoms with E-state index in [1.165, 1.54) is 37.7 Å². The van der Waals surface area contributed by atoms with E-state index in [0.717, 1.165) is 74.4 Å². The minimum atomic E-state index is -0.994. The van der Waals surface area contributed by atoms with Crippen molar-refractivity contribution in [3.8, 4) is 0 Å². The number of hydrogen-bond acceptors (Lipinski definition) is 6. The molecule has 0 saturated heterocycles. The number of carboxylic acids is 1. The molecule has 49 heavy (non-hydrogen) atoms. The summed E-state index contributed by atoms with van der Waals surface area (Å²) in [6.07, 6.45) is 8.66. The lowest BCUT2D eigenvalue weighted by Gasteiger charge is -2.16. The highest BCUT2D eigenvalue weighted by molar-refractivity contribution is 6.02. The van der Waals surface area contributed by atoms with Gasteiger partial charge in [0.15, 0.2) is 0 Å². The molecule has 8 bridgehead atoms. The number of carboxylic acid groups (broad SMARTS) is 1. The summed E-state index contributed by atoms with van der Waals surface area (Å²) in [6, 6.07) is 6.21. The Hall–Kier alpha value is -4.24. The Balaban J connectivity index is 1.73. The van der Waals surface area contributed by atoms with Crippen LogP contribution in [0.4, 0.5) is 0 Å². The molecule has 262 valence electrons. The van der Waals surface area contributed by atoms with E-state index >= 15 is 0 Å². The first kappa shape index (κ1) is 36.1. The number of aromatic nitrogens is 4. The van der Waals surface area contributed by atoms with Crippen LogP contribution in [0.15, 0.2) is 18.2 Å². The Morgan fingerprint density at radius 1 is 0.878 bits per heavy atom. The quantitative estimate of drug-likeness (QED) is 0.109. The second-order valence-corrected chi connectivity index (χ2v) is 13.6. The number of hydrogen-bond donors (Lipinski definition) is 3. The highest BCUT2D eigenvalue weighted by Crippen LogP contribution is 2.42. The molecule has 5 rings (SSSR count). The maximum atomic E-state index is 12.7. The van der Waals surface area contributed by atoms with Crippen molar-refractivity contribution in [1.82, 2.24) is 19.9 Å². The number of fused-ring (bicyclic) bond motifs is 8. The minimum absolute atomic E-state index is 0.0120. The zero-order chi connectivity index (χ0) is 35.2. The molecular weight excluding hydrogens is 616 g/mol. The molecule has 0 unspecified atom stereocenters. The fourth-order valence-corrected chi connectivity index (χ4v) is 7.41. The molecule has 3 aromatic rings. The van der Waals surface area contributed by atoms with Crippen molar-refractivity contribution in [2.75, 3.05) is 19.8 Å². The van der Waals surface area contributed by atoms with Crippen LogP contribution < -0.4 is 0 Å². The van der Waals surface area contributed by atoms with Gasteiger partial charge in [0.2, 0.25) is 0 Å². The standard InChI is InChI=1S/C40H52N4O5/c1-8-10-11-12-13-14-16-48-21-30-25(5)31-18-33-24(4)29(15-17-49-22-45)38(43-33)27(7)39-37(40(46)47)26(6)34(44-39)20-35-28(9-2)23(3)32(41-35)19-36(30)42-31/h18-20,22,24,29,41,44H,8-17,21H2,1-7H3,(H,46,47)/t24-,29-/m0/s1. The zero-order valence-electron chi connectivity index (χ0n) is 30.2. The molecule has 3 N–H and O–H groups in total. The molecule has 2 aliphatic rings. The lowest BCUT2D eigenvalue weighted by Crippen LogP contribution is -2.08. The van der Waals surface area contributed by atoms with Gasteiger partial charge in [-0.1, -0.05) is 52.9 Å². The van der Waals surface area contributed by atoms with Crippen molar-refractivity contribution in [2.45, 2.75) is 112 Å². The van der Waals surface area contributed by atoms with Crippen molar-refractivity contribution >= 4 is 45.7 Å². The molecule has 0 aromatic carbocycles. The predicted octanol–water partition coefficient (Wildman–Crippen LogP) is 9.26. The molecule has 0 radical (unpaired) electrons. The van der Waals surface area contributed by atoms with Crippen molar-refractivity contribution in [2.24, 2.45) is 0 Å². The smallest absolute Gasteiger partial charge is 0.338 e. The average molecular weight is 669 g/mol. The van der Waals surface area contributed by atoms with E-state index in [2.05, 4.69) is 56.7 Å². The van der Waals surface area contributed by atoms with Crippen LogP contribution in [0.5, 0.6) is 0 Å². The van der Waals surface area contributed by atoms with Gasteiger partial charge in [-0.25, -0.2) is 9.78 Å². The van der Waals surface area contributed by atoms with Gasteiger partial charge in [-0.15, -0.1) is 0 Å². The number of unbranched alkanes of at least 4 members (excludes halogenated alkanes) is 5. The Morgan fingerprint density at radius 3 is 2.33 bits per heavy atom. The molecule has 0 aliphatic carbocycles. The molecule has 5 heterocycles. The van der Waals surface area contributed by atoms with Crippen LogP contribution in [0, 0.1) is 20.8 Å². The molecule has 0 saturated carbocycles. The summed E-state index contributed by atoms with van der Waals surface area (Å²) >= 11 is 0. The monoisotopic (exact) mass is 668 g/mol. The topological polar surface area (TPSA) is 130 Å². The number of nitrogens with zero attached hydrogens (tertiary/aromatic N) is 2. The fourth-order valence-electron chi connectivity index (χ4n) is 7.41. The molecule has 0 spiro atoms. The molecule has 2 atom stereocenters. The van der Waals surface area contributed by atoms with Crippen LogP contribution in [-0.2, 0) is 20.7 Å². The minimum Gasteiger partial charge on any atom is -0.478 e. The van der Waals surface area contributed by atoms with Gasteiger partial charge in [-0.05, 0) is 93.0 Å². The summed E-state index contributed by atoms with van der Waals surface area (Å²) in [5, 5.41) is 10.4. The number of carbonyl (C=O) groups is 2. The molecule has 0 fully saturated rings. The third kappa shape index (κ3) is 7.52. The van der Waals surface area contributed by atoms with Gasteiger partial charge in [-0.3, -0.25) is 9.78 Å². The van der Waals surface area contributed by atoms with Gasteiger partial charge in [0.25, 0.3) is 6.47 Å². The van der Waals surface area contributed by atoms with E-state index < -0.39 is 5.97 Å². The molecular formula is C40H52N4O5. The number of ether oxygens (including phenoxy) is 2. The van der Waals surface area contributed by atoms with Crippen molar-refractivity contribution in [3.63, 3.8) is 0 Å². The Labute approximate surface area is 289 Å². The van der Waals surface area contributed by atoms with Crippen LogP contribution in [0.1, 0.15) is 140 Å². The average Bonchev–Trinajstić information content (AvgIpc) is 3.76. The number of aryl methyl sites for hydroxylation is 4. The summed E-state index contributed by atoms with van der Waals surface area (Å²) in [6.45, 7) is 16.4. The van der Waals surface area contributed by atoms with Crippen molar-refractivity contribution in [1.29, 1.82) is 0 Å². The second kappa shape index (κ2) is 16.0. The number of nitrogens with one attached hydrogen (secondary N) is 2. The number of rotatable bonds is 15. The van der Waals surface area contributed by atoms with Gasteiger partial charge in [0.05, 0.1) is 35.7 Å². The molecule has 9 nitrogen and oxygen atoms in total. The van der Waals surface area contributed by atoms with Crippen molar-refractivity contribution in [3.05, 3.63) is 68.8 Å². The first-order valence-corrected chi connectivity index (χ1v) is 17.9. The Bertz CT molecular complexity index is 1900. The number of aromatic carboxylic acids is 1. The predicted molar refractivity (Wildman–Crippen MR) is 196 cm³/mol. The van der Waals surface area contributed by atoms with Gasteiger partial charge >= 0.3 is 5.97 Å². The van der Waals surface area contributed by atoms with Gasteiger partial charge in [0.1, 0.15) is 0 Å². The lowest BCUT2D eigenvalue weighted by atomic mass is 9.87. The molecule has 2 aliphatic heterocycles. The Morgan fingerprint density at radius 2 is 1.61 bits per heavy atom. The van der Waals surface area contributed by atoms with E-state index in [9.17, 15) is 14.7 Å². The highest BCUT2D eigenvalue weighted by atomic mass is 16.5. The summed E-state index contributed by atoms with van der Waals surface area (Å²) in [5.74, 6) is -1.09. The second-order valence-electron chi connectivity index (χ2n) is 13.6. The summed E-state index contributed by atoms with van der Waals surface area (Å²) in [4.78, 5) is 41.2. The van der Waals surface area contributed by atoms with Crippen molar-refractivity contribution < 1.29 is 24.2 Å². The number of carbonyl (C=O) groups excluding carboxylic acids is 1.